The van der Waals surface area contributed by atoms with Gasteiger partial charge in [-0.1, -0.05) is 36.4 Å². The molecule has 4 rings (SSSR count). The van der Waals surface area contributed by atoms with Gasteiger partial charge < -0.3 is 14.2 Å². The number of aryl methyl sites for hydroxylation is 1. The Labute approximate surface area is 151 Å². The Hall–Kier alpha value is -3.02. The Balaban J connectivity index is 1.40. The van der Waals surface area contributed by atoms with Crippen molar-refractivity contribution >= 4 is 12.0 Å². The first kappa shape index (κ1) is 16.4. The number of cyclic esters (lactones) is 1. The lowest BCUT2D eigenvalue weighted by Gasteiger charge is -2.19. The topological polar surface area (TPSA) is 65.1 Å². The number of carbonyl (C=O) groups excluding carboxylic acids is 2. The zero-order chi connectivity index (χ0) is 17.9. The molecule has 0 N–H and O–H groups in total. The highest BCUT2D eigenvalue weighted by Crippen LogP contribution is 2.33. The number of hydrogen-bond donors (Lipinski definition) is 0. The molecule has 1 fully saturated rings. The third-order valence-corrected chi connectivity index (χ3v) is 4.61. The summed E-state index contributed by atoms with van der Waals surface area (Å²) >= 11 is 0. The van der Waals surface area contributed by atoms with Crippen LogP contribution in [0, 0.1) is 0 Å². The lowest BCUT2D eigenvalue weighted by atomic mass is 10.0. The van der Waals surface area contributed by atoms with Crippen LogP contribution in [0.25, 0.3) is 0 Å². The lowest BCUT2D eigenvalue weighted by Crippen LogP contribution is -2.40. The minimum Gasteiger partial charge on any atom is -0.454 e. The van der Waals surface area contributed by atoms with Crippen LogP contribution in [0.15, 0.2) is 48.5 Å². The van der Waals surface area contributed by atoms with E-state index >= 15 is 0 Å². The van der Waals surface area contributed by atoms with Crippen LogP contribution in [0.2, 0.25) is 0 Å². The average Bonchev–Trinajstić information content (AvgIpc) is 3.27. The number of hydrogen-bond acceptors (Lipinski definition) is 5. The SMILES string of the molecule is O=C(CCc1ccc2c(c1)OCO2)N1C(=O)OC[C@H]1Cc1ccccc1. The number of carbonyl (C=O) groups is 2. The molecule has 134 valence electrons. The molecule has 1 saturated heterocycles. The normalized spacial score (nSPS) is 18.1. The number of benzene rings is 2. The molecule has 26 heavy (non-hydrogen) atoms. The third-order valence-electron chi connectivity index (χ3n) is 4.61. The van der Waals surface area contributed by atoms with E-state index in [9.17, 15) is 9.59 Å². The average molecular weight is 353 g/mol. The van der Waals surface area contributed by atoms with Crippen molar-refractivity contribution in [2.24, 2.45) is 0 Å². The number of nitrogens with zero attached hydrogens (tertiary/aromatic N) is 1. The second kappa shape index (κ2) is 7.07. The van der Waals surface area contributed by atoms with Crippen molar-refractivity contribution in [1.29, 1.82) is 0 Å². The Morgan fingerprint density at radius 3 is 2.65 bits per heavy atom. The molecule has 0 radical (unpaired) electrons. The Morgan fingerprint density at radius 1 is 1.00 bits per heavy atom. The minimum absolute atomic E-state index is 0.217. The molecule has 2 aromatic rings. The van der Waals surface area contributed by atoms with Crippen molar-refractivity contribution < 1.29 is 23.8 Å². The summed E-state index contributed by atoms with van der Waals surface area (Å²) in [5.74, 6) is 1.19. The summed E-state index contributed by atoms with van der Waals surface area (Å²) < 4.78 is 15.8. The predicted octanol–water partition coefficient (Wildman–Crippen LogP) is 2.94. The molecule has 2 amide bonds. The largest absolute Gasteiger partial charge is 0.454 e. The number of rotatable bonds is 5. The minimum atomic E-state index is -0.554. The van der Waals surface area contributed by atoms with Crippen LogP contribution in [-0.2, 0) is 22.4 Å². The van der Waals surface area contributed by atoms with E-state index in [4.69, 9.17) is 14.2 Å². The molecule has 6 heteroatoms. The predicted molar refractivity (Wildman–Crippen MR) is 93.0 cm³/mol. The van der Waals surface area contributed by atoms with E-state index in [0.29, 0.717) is 24.3 Å². The molecule has 1 atom stereocenters. The third kappa shape index (κ3) is 3.35. The van der Waals surface area contributed by atoms with Gasteiger partial charge >= 0.3 is 6.09 Å². The molecule has 0 saturated carbocycles. The standard InChI is InChI=1S/C20H19NO5/c22-19(9-7-15-6-8-17-18(11-15)26-13-25-17)21-16(12-24-20(21)23)10-14-4-2-1-3-5-14/h1-6,8,11,16H,7,9-10,12-13H2/t16-/m1/s1. The van der Waals surface area contributed by atoms with Crippen LogP contribution in [0.3, 0.4) is 0 Å². The smallest absolute Gasteiger partial charge is 0.416 e. The molecule has 2 aliphatic rings. The van der Waals surface area contributed by atoms with Gasteiger partial charge in [-0.25, -0.2) is 9.69 Å². The molecular formula is C20H19NO5. The summed E-state index contributed by atoms with van der Waals surface area (Å²) in [4.78, 5) is 25.9. The van der Waals surface area contributed by atoms with Crippen LogP contribution in [-0.4, -0.2) is 36.3 Å². The molecule has 2 aromatic carbocycles. The number of amides is 2. The second-order valence-corrected chi connectivity index (χ2v) is 6.37. The summed E-state index contributed by atoms with van der Waals surface area (Å²) in [6.45, 7) is 0.460. The molecule has 0 aliphatic carbocycles. The van der Waals surface area contributed by atoms with Gasteiger partial charge in [-0.05, 0) is 36.1 Å². The van der Waals surface area contributed by atoms with Gasteiger partial charge in [0.2, 0.25) is 12.7 Å². The van der Waals surface area contributed by atoms with Gasteiger partial charge in [0.1, 0.15) is 6.61 Å². The first-order valence-electron chi connectivity index (χ1n) is 8.62. The Bertz CT molecular complexity index is 820. The molecule has 0 spiro atoms. The van der Waals surface area contributed by atoms with Gasteiger partial charge in [0.15, 0.2) is 11.5 Å². The maximum atomic E-state index is 12.6. The van der Waals surface area contributed by atoms with Gasteiger partial charge in [-0.2, -0.15) is 0 Å². The van der Waals surface area contributed by atoms with E-state index < -0.39 is 6.09 Å². The number of ether oxygens (including phenoxy) is 3. The Morgan fingerprint density at radius 2 is 1.81 bits per heavy atom. The maximum absolute atomic E-state index is 12.6. The fraction of sp³-hybridized carbons (Fsp3) is 0.300. The molecule has 6 nitrogen and oxygen atoms in total. The highest BCUT2D eigenvalue weighted by atomic mass is 16.7. The van der Waals surface area contributed by atoms with E-state index in [2.05, 4.69) is 0 Å². The van der Waals surface area contributed by atoms with Crippen molar-refractivity contribution in [2.45, 2.75) is 25.3 Å². The van der Waals surface area contributed by atoms with Gasteiger partial charge in [-0.3, -0.25) is 4.79 Å². The van der Waals surface area contributed by atoms with E-state index in [1.54, 1.807) is 0 Å². The monoisotopic (exact) mass is 353 g/mol. The molecular weight excluding hydrogens is 334 g/mol. The molecule has 0 unspecified atom stereocenters. The van der Waals surface area contributed by atoms with E-state index in [1.165, 1.54) is 4.90 Å². The van der Waals surface area contributed by atoms with Crippen molar-refractivity contribution in [2.75, 3.05) is 13.4 Å². The van der Waals surface area contributed by atoms with Gasteiger partial charge in [0, 0.05) is 6.42 Å². The maximum Gasteiger partial charge on any atom is 0.416 e. The fourth-order valence-corrected chi connectivity index (χ4v) is 3.27. The van der Waals surface area contributed by atoms with E-state index in [0.717, 1.165) is 11.1 Å². The highest BCUT2D eigenvalue weighted by Gasteiger charge is 2.37. The molecule has 0 bridgehead atoms. The van der Waals surface area contributed by atoms with Gasteiger partial charge in [-0.15, -0.1) is 0 Å². The number of imide groups is 1. The van der Waals surface area contributed by atoms with Crippen LogP contribution >= 0.6 is 0 Å². The summed E-state index contributed by atoms with van der Waals surface area (Å²) in [5, 5.41) is 0. The summed E-state index contributed by atoms with van der Waals surface area (Å²) in [6.07, 6.45) is 0.807. The van der Waals surface area contributed by atoms with Crippen LogP contribution < -0.4 is 9.47 Å². The quantitative estimate of drug-likeness (QED) is 0.827. The van der Waals surface area contributed by atoms with Crippen molar-refractivity contribution in [3.8, 4) is 11.5 Å². The molecule has 0 aromatic heterocycles. The van der Waals surface area contributed by atoms with Crippen molar-refractivity contribution in [1.82, 2.24) is 4.90 Å². The number of fused-ring (bicyclic) bond motifs is 1. The first-order valence-corrected chi connectivity index (χ1v) is 8.62. The van der Waals surface area contributed by atoms with Crippen molar-refractivity contribution in [3.05, 3.63) is 59.7 Å². The van der Waals surface area contributed by atoms with Gasteiger partial charge in [0.05, 0.1) is 6.04 Å². The summed E-state index contributed by atoms with van der Waals surface area (Å²) in [5.41, 5.74) is 2.04. The van der Waals surface area contributed by atoms with Crippen LogP contribution in [0.5, 0.6) is 11.5 Å². The second-order valence-electron chi connectivity index (χ2n) is 6.37. The lowest BCUT2D eigenvalue weighted by molar-refractivity contribution is -0.129. The highest BCUT2D eigenvalue weighted by molar-refractivity contribution is 5.93. The first-order chi connectivity index (χ1) is 12.7. The van der Waals surface area contributed by atoms with E-state index in [1.807, 2.05) is 48.5 Å². The molecule has 2 aliphatic heterocycles. The Kier molecular flexibility index (Phi) is 4.48. The summed E-state index contributed by atoms with van der Waals surface area (Å²) in [6, 6.07) is 15.2. The van der Waals surface area contributed by atoms with Crippen molar-refractivity contribution in [3.63, 3.8) is 0 Å². The fourth-order valence-electron chi connectivity index (χ4n) is 3.27. The molecule has 2 heterocycles. The zero-order valence-corrected chi connectivity index (χ0v) is 14.2. The van der Waals surface area contributed by atoms with Crippen LogP contribution in [0.1, 0.15) is 17.5 Å². The summed E-state index contributed by atoms with van der Waals surface area (Å²) in [7, 11) is 0. The van der Waals surface area contributed by atoms with E-state index in [-0.39, 0.29) is 31.8 Å². The van der Waals surface area contributed by atoms with Crippen LogP contribution in [0.4, 0.5) is 4.79 Å². The zero-order valence-electron chi connectivity index (χ0n) is 14.2. The van der Waals surface area contributed by atoms with Gasteiger partial charge in [0.25, 0.3) is 0 Å².